The second kappa shape index (κ2) is 8.81. The predicted molar refractivity (Wildman–Crippen MR) is 102 cm³/mol. The van der Waals surface area contributed by atoms with Gasteiger partial charge >= 0.3 is 0 Å². The second-order valence-electron chi connectivity index (χ2n) is 6.23. The average molecular weight is 359 g/mol. The Morgan fingerprint density at radius 3 is 2.52 bits per heavy atom. The van der Waals surface area contributed by atoms with Gasteiger partial charge in [0.1, 0.15) is 12.4 Å². The van der Waals surface area contributed by atoms with E-state index in [-0.39, 0.29) is 24.5 Å². The van der Waals surface area contributed by atoms with Gasteiger partial charge in [-0.2, -0.15) is 0 Å². The van der Waals surface area contributed by atoms with Gasteiger partial charge in [-0.05, 0) is 44.5 Å². The Balaban J connectivity index is 1.74. The standard InChI is InChI=1S/C20H25NO3S/c1-14-6-5-7-17(12-14)24-11-10-21(4)20(23)9-8-19(22)18-13-15(2)25-16(18)3/h5-7,12-13H,8-11H2,1-4H3. The van der Waals surface area contributed by atoms with Crippen molar-refractivity contribution in [1.29, 1.82) is 0 Å². The van der Waals surface area contributed by atoms with Gasteiger partial charge in [-0.1, -0.05) is 12.1 Å². The molecule has 0 atom stereocenters. The van der Waals surface area contributed by atoms with Crippen LogP contribution in [0.5, 0.6) is 5.75 Å². The molecular formula is C20H25NO3S. The van der Waals surface area contributed by atoms with Crippen molar-refractivity contribution in [2.75, 3.05) is 20.2 Å². The number of carbonyl (C=O) groups is 2. The number of hydrogen-bond acceptors (Lipinski definition) is 4. The van der Waals surface area contributed by atoms with E-state index in [2.05, 4.69) is 0 Å². The Kier molecular flexibility index (Phi) is 6.76. The van der Waals surface area contributed by atoms with Crippen molar-refractivity contribution in [3.63, 3.8) is 0 Å². The molecule has 0 radical (unpaired) electrons. The van der Waals surface area contributed by atoms with Crippen molar-refractivity contribution >= 4 is 23.0 Å². The van der Waals surface area contributed by atoms with Crippen LogP contribution in [-0.4, -0.2) is 36.8 Å². The molecule has 5 heteroatoms. The monoisotopic (exact) mass is 359 g/mol. The van der Waals surface area contributed by atoms with Crippen LogP contribution in [0.1, 0.15) is 38.5 Å². The largest absolute Gasteiger partial charge is 0.492 e. The quantitative estimate of drug-likeness (QED) is 0.665. The summed E-state index contributed by atoms with van der Waals surface area (Å²) < 4.78 is 5.66. The third-order valence-electron chi connectivity index (χ3n) is 4.02. The van der Waals surface area contributed by atoms with Crippen LogP contribution in [0.3, 0.4) is 0 Å². The van der Waals surface area contributed by atoms with Crippen LogP contribution in [0, 0.1) is 20.8 Å². The summed E-state index contributed by atoms with van der Waals surface area (Å²) in [6.45, 7) is 6.87. The first-order valence-corrected chi connectivity index (χ1v) is 9.22. The molecule has 0 unspecified atom stereocenters. The summed E-state index contributed by atoms with van der Waals surface area (Å²) in [5, 5.41) is 0. The highest BCUT2D eigenvalue weighted by atomic mass is 32.1. The normalized spacial score (nSPS) is 10.6. The number of Topliss-reactive ketones (excluding diaryl/α,β-unsaturated/α-hetero) is 1. The predicted octanol–water partition coefficient (Wildman–Crippen LogP) is 4.17. The highest BCUT2D eigenvalue weighted by Gasteiger charge is 2.15. The Morgan fingerprint density at radius 1 is 1.12 bits per heavy atom. The highest BCUT2D eigenvalue weighted by Crippen LogP contribution is 2.22. The minimum atomic E-state index is -0.0363. The number of rotatable bonds is 8. The molecule has 1 aromatic carbocycles. The summed E-state index contributed by atoms with van der Waals surface area (Å²) >= 11 is 1.62. The number of carbonyl (C=O) groups excluding carboxylic acids is 2. The summed E-state index contributed by atoms with van der Waals surface area (Å²) in [6, 6.07) is 9.73. The lowest BCUT2D eigenvalue weighted by molar-refractivity contribution is -0.130. The van der Waals surface area contributed by atoms with Crippen molar-refractivity contribution in [3.05, 3.63) is 51.2 Å². The maximum atomic E-state index is 12.2. The lowest BCUT2D eigenvalue weighted by atomic mass is 10.1. The number of benzene rings is 1. The van der Waals surface area contributed by atoms with Gasteiger partial charge in [0.2, 0.25) is 5.91 Å². The van der Waals surface area contributed by atoms with Crippen LogP contribution in [0.15, 0.2) is 30.3 Å². The average Bonchev–Trinajstić information content (AvgIpc) is 2.90. The molecule has 0 saturated heterocycles. The van der Waals surface area contributed by atoms with E-state index in [1.807, 2.05) is 51.1 Å². The molecule has 2 aromatic rings. The molecular weight excluding hydrogens is 334 g/mol. The van der Waals surface area contributed by atoms with E-state index in [0.29, 0.717) is 13.2 Å². The molecule has 0 spiro atoms. The van der Waals surface area contributed by atoms with Gasteiger partial charge in [0.15, 0.2) is 5.78 Å². The van der Waals surface area contributed by atoms with Gasteiger partial charge in [0, 0.05) is 35.2 Å². The van der Waals surface area contributed by atoms with Crippen LogP contribution in [0.2, 0.25) is 0 Å². The zero-order valence-electron chi connectivity index (χ0n) is 15.3. The Bertz CT molecular complexity index is 751. The van der Waals surface area contributed by atoms with Crippen molar-refractivity contribution in [1.82, 2.24) is 4.90 Å². The summed E-state index contributed by atoms with van der Waals surface area (Å²) in [4.78, 5) is 28.2. The fourth-order valence-corrected chi connectivity index (χ4v) is 3.53. The number of aryl methyl sites for hydroxylation is 3. The maximum Gasteiger partial charge on any atom is 0.222 e. The number of ketones is 1. The first kappa shape index (κ1) is 19.2. The van der Waals surface area contributed by atoms with Gasteiger partial charge < -0.3 is 9.64 Å². The molecule has 0 aliphatic rings. The molecule has 1 heterocycles. The van der Waals surface area contributed by atoms with Crippen molar-refractivity contribution in [3.8, 4) is 5.75 Å². The fourth-order valence-electron chi connectivity index (χ4n) is 2.58. The van der Waals surface area contributed by atoms with Gasteiger partial charge in [-0.25, -0.2) is 0 Å². The molecule has 0 bridgehead atoms. The SMILES string of the molecule is Cc1cccc(OCCN(C)C(=O)CCC(=O)c2cc(C)sc2C)c1. The number of likely N-dealkylation sites (N-methyl/N-ethyl adjacent to an activating group) is 1. The summed E-state index contributed by atoms with van der Waals surface area (Å²) in [7, 11) is 1.74. The zero-order valence-corrected chi connectivity index (χ0v) is 16.1. The highest BCUT2D eigenvalue weighted by molar-refractivity contribution is 7.12. The van der Waals surface area contributed by atoms with Gasteiger partial charge in [-0.15, -0.1) is 11.3 Å². The van der Waals surface area contributed by atoms with E-state index in [9.17, 15) is 9.59 Å². The third-order valence-corrected chi connectivity index (χ3v) is 4.98. The summed E-state index contributed by atoms with van der Waals surface area (Å²) in [5.74, 6) is 0.810. The smallest absolute Gasteiger partial charge is 0.222 e. The number of amides is 1. The minimum Gasteiger partial charge on any atom is -0.492 e. The van der Waals surface area contributed by atoms with Crippen LogP contribution in [0.25, 0.3) is 0 Å². The second-order valence-corrected chi connectivity index (χ2v) is 7.69. The molecule has 0 aliphatic carbocycles. The van der Waals surface area contributed by atoms with Crippen LogP contribution < -0.4 is 4.74 Å². The molecule has 0 fully saturated rings. The van der Waals surface area contributed by atoms with Crippen molar-refractivity contribution < 1.29 is 14.3 Å². The van der Waals surface area contributed by atoms with E-state index < -0.39 is 0 Å². The fraction of sp³-hybridized carbons (Fsp3) is 0.400. The van der Waals surface area contributed by atoms with E-state index in [0.717, 1.165) is 26.6 Å². The van der Waals surface area contributed by atoms with Crippen LogP contribution >= 0.6 is 11.3 Å². The molecule has 2 rings (SSSR count). The van der Waals surface area contributed by atoms with Gasteiger partial charge in [0.05, 0.1) is 6.54 Å². The van der Waals surface area contributed by atoms with E-state index in [1.165, 1.54) is 0 Å². The molecule has 0 aliphatic heterocycles. The molecule has 134 valence electrons. The summed E-state index contributed by atoms with van der Waals surface area (Å²) in [6.07, 6.45) is 0.479. The molecule has 4 nitrogen and oxygen atoms in total. The third kappa shape index (κ3) is 5.71. The number of ether oxygens (including phenoxy) is 1. The number of thiophene rings is 1. The molecule has 1 amide bonds. The van der Waals surface area contributed by atoms with Crippen LogP contribution in [-0.2, 0) is 4.79 Å². The maximum absolute atomic E-state index is 12.2. The zero-order chi connectivity index (χ0) is 18.4. The molecule has 25 heavy (non-hydrogen) atoms. The lowest BCUT2D eigenvalue weighted by Crippen LogP contribution is -2.31. The molecule has 0 N–H and O–H groups in total. The van der Waals surface area contributed by atoms with E-state index >= 15 is 0 Å². The van der Waals surface area contributed by atoms with Gasteiger partial charge in [-0.3, -0.25) is 9.59 Å². The van der Waals surface area contributed by atoms with Crippen molar-refractivity contribution in [2.45, 2.75) is 33.6 Å². The Hall–Kier alpha value is -2.14. The van der Waals surface area contributed by atoms with E-state index in [4.69, 9.17) is 4.74 Å². The first-order chi connectivity index (χ1) is 11.9. The first-order valence-electron chi connectivity index (χ1n) is 8.40. The Morgan fingerprint density at radius 2 is 1.88 bits per heavy atom. The number of hydrogen-bond donors (Lipinski definition) is 0. The van der Waals surface area contributed by atoms with Crippen molar-refractivity contribution in [2.24, 2.45) is 0 Å². The van der Waals surface area contributed by atoms with Gasteiger partial charge in [0.25, 0.3) is 0 Å². The lowest BCUT2D eigenvalue weighted by Gasteiger charge is -2.17. The number of nitrogens with zero attached hydrogens (tertiary/aromatic N) is 1. The Labute approximate surface area is 153 Å². The molecule has 1 aromatic heterocycles. The van der Waals surface area contributed by atoms with E-state index in [1.54, 1.807) is 23.3 Å². The molecule has 0 saturated carbocycles. The minimum absolute atomic E-state index is 0.0363. The summed E-state index contributed by atoms with van der Waals surface area (Å²) in [5.41, 5.74) is 1.89. The van der Waals surface area contributed by atoms with Crippen LogP contribution in [0.4, 0.5) is 0 Å². The topological polar surface area (TPSA) is 46.6 Å².